The van der Waals surface area contributed by atoms with Crippen molar-refractivity contribution in [1.29, 1.82) is 5.26 Å². The van der Waals surface area contributed by atoms with E-state index in [0.29, 0.717) is 0 Å². The van der Waals surface area contributed by atoms with Crippen LogP contribution in [-0.2, 0) is 0 Å². The van der Waals surface area contributed by atoms with Crippen molar-refractivity contribution in [3.63, 3.8) is 0 Å². The molecule has 0 radical (unpaired) electrons. The number of H-pyrrole nitrogens is 1. The van der Waals surface area contributed by atoms with Crippen molar-refractivity contribution in [3.8, 4) is 6.07 Å². The van der Waals surface area contributed by atoms with Crippen molar-refractivity contribution in [3.05, 3.63) is 40.5 Å². The first kappa shape index (κ1) is 12.2. The average Bonchev–Trinajstić information content (AvgIpc) is 2.88. The molecular weight excluding hydrogens is 303 g/mol. The largest absolute Gasteiger partial charge is 0.358 e. The normalized spacial score (nSPS) is 11.1. The fourth-order valence-corrected chi connectivity index (χ4v) is 1.54. The van der Waals surface area contributed by atoms with Gasteiger partial charge in [-0.3, -0.25) is 0 Å². The Balaban J connectivity index is 2.24. The van der Waals surface area contributed by atoms with Crippen molar-refractivity contribution >= 4 is 27.2 Å². The molecule has 18 heavy (non-hydrogen) atoms. The van der Waals surface area contributed by atoms with Crippen LogP contribution in [0, 0.1) is 17.1 Å². The van der Waals surface area contributed by atoms with E-state index in [0.717, 1.165) is 4.47 Å². The summed E-state index contributed by atoms with van der Waals surface area (Å²) in [6, 6.07) is 6.33. The van der Waals surface area contributed by atoms with E-state index >= 15 is 0 Å². The van der Waals surface area contributed by atoms with Crippen LogP contribution in [0.25, 0.3) is 5.57 Å². The van der Waals surface area contributed by atoms with Gasteiger partial charge in [0.2, 0.25) is 5.82 Å². The molecule has 90 valence electrons. The highest BCUT2D eigenvalue weighted by Gasteiger charge is 2.06. The maximum Gasteiger partial charge on any atom is 0.216 e. The van der Waals surface area contributed by atoms with Crippen LogP contribution < -0.4 is 5.32 Å². The third-order valence-corrected chi connectivity index (χ3v) is 2.50. The zero-order valence-electron chi connectivity index (χ0n) is 8.85. The lowest BCUT2D eigenvalue weighted by atomic mass is 10.3. The van der Waals surface area contributed by atoms with Crippen molar-refractivity contribution < 1.29 is 4.39 Å². The number of aromatic amines is 1. The maximum absolute atomic E-state index is 13.4. The quantitative estimate of drug-likeness (QED) is 0.847. The third-order valence-electron chi connectivity index (χ3n) is 2.01. The Kier molecular flexibility index (Phi) is 3.64. The molecule has 0 amide bonds. The number of tetrazole rings is 1. The van der Waals surface area contributed by atoms with Crippen LogP contribution >= 0.6 is 15.9 Å². The molecule has 1 heterocycles. The molecule has 0 fully saturated rings. The van der Waals surface area contributed by atoms with E-state index < -0.39 is 5.82 Å². The lowest BCUT2D eigenvalue weighted by Gasteiger charge is -2.03. The summed E-state index contributed by atoms with van der Waals surface area (Å²) in [6.45, 7) is 0. The van der Waals surface area contributed by atoms with E-state index in [9.17, 15) is 4.39 Å². The molecule has 0 spiro atoms. The monoisotopic (exact) mass is 308 g/mol. The second-order valence-corrected chi connectivity index (χ2v) is 4.09. The lowest BCUT2D eigenvalue weighted by Crippen LogP contribution is -1.95. The molecule has 0 saturated carbocycles. The molecule has 1 aromatic carbocycles. The molecular formula is C10H6BrFN6. The van der Waals surface area contributed by atoms with Crippen LogP contribution in [-0.4, -0.2) is 20.6 Å². The van der Waals surface area contributed by atoms with Gasteiger partial charge < -0.3 is 5.32 Å². The third kappa shape index (κ3) is 2.70. The molecule has 0 aliphatic rings. The van der Waals surface area contributed by atoms with Crippen molar-refractivity contribution in [1.82, 2.24) is 20.6 Å². The second kappa shape index (κ2) is 5.37. The Hall–Kier alpha value is -2.27. The van der Waals surface area contributed by atoms with Gasteiger partial charge in [0, 0.05) is 10.7 Å². The van der Waals surface area contributed by atoms with Gasteiger partial charge in [-0.2, -0.15) is 10.5 Å². The van der Waals surface area contributed by atoms with Gasteiger partial charge in [-0.1, -0.05) is 15.9 Å². The van der Waals surface area contributed by atoms with Gasteiger partial charge >= 0.3 is 0 Å². The van der Waals surface area contributed by atoms with Gasteiger partial charge in [-0.05, 0) is 23.4 Å². The fourth-order valence-electron chi connectivity index (χ4n) is 1.18. The summed E-state index contributed by atoms with van der Waals surface area (Å²) in [6.07, 6.45) is 1.32. The highest BCUT2D eigenvalue weighted by molar-refractivity contribution is 9.10. The Labute approximate surface area is 110 Å². The Bertz CT molecular complexity index is 616. The zero-order chi connectivity index (χ0) is 13.0. The first-order valence-corrected chi connectivity index (χ1v) is 5.55. The molecule has 6 nitrogen and oxygen atoms in total. The smallest absolute Gasteiger partial charge is 0.216 e. The molecule has 0 unspecified atom stereocenters. The summed E-state index contributed by atoms with van der Waals surface area (Å²) in [7, 11) is 0. The number of halogens is 2. The number of nitriles is 1. The van der Waals surface area contributed by atoms with Crippen LogP contribution in [0.3, 0.4) is 0 Å². The number of rotatable bonds is 3. The molecule has 0 saturated heterocycles. The van der Waals surface area contributed by atoms with Crippen LogP contribution in [0.1, 0.15) is 5.82 Å². The summed E-state index contributed by atoms with van der Waals surface area (Å²) in [5, 5.41) is 24.5. The van der Waals surface area contributed by atoms with Gasteiger partial charge in [0.25, 0.3) is 0 Å². The minimum atomic E-state index is -0.431. The van der Waals surface area contributed by atoms with Gasteiger partial charge in [-0.15, -0.1) is 10.2 Å². The van der Waals surface area contributed by atoms with E-state index in [1.54, 1.807) is 12.1 Å². The summed E-state index contributed by atoms with van der Waals surface area (Å²) in [5.41, 5.74) is 0.378. The Morgan fingerprint density at radius 1 is 1.56 bits per heavy atom. The summed E-state index contributed by atoms with van der Waals surface area (Å²) in [5.74, 6) is -0.291. The van der Waals surface area contributed by atoms with Gasteiger partial charge in [0.05, 0.1) is 5.69 Å². The van der Waals surface area contributed by atoms with E-state index in [2.05, 4.69) is 41.9 Å². The summed E-state index contributed by atoms with van der Waals surface area (Å²) >= 11 is 3.23. The Morgan fingerprint density at radius 2 is 2.39 bits per heavy atom. The highest BCUT2D eigenvalue weighted by atomic mass is 79.9. The molecule has 0 aliphatic carbocycles. The maximum atomic E-state index is 13.4. The topological polar surface area (TPSA) is 90.3 Å². The molecule has 2 N–H and O–H groups in total. The van der Waals surface area contributed by atoms with Gasteiger partial charge in [-0.25, -0.2) is 4.39 Å². The van der Waals surface area contributed by atoms with Crippen LogP contribution in [0.2, 0.25) is 0 Å². The second-order valence-electron chi connectivity index (χ2n) is 3.17. The van der Waals surface area contributed by atoms with E-state index in [4.69, 9.17) is 5.26 Å². The standard InChI is InChI=1S/C10H6BrFN6/c11-7-1-2-8(12)9(3-7)14-5-6(4-13)10-15-17-18-16-10/h1-3,5,14H,(H,15,16,17,18). The van der Waals surface area contributed by atoms with Gasteiger partial charge in [0.15, 0.2) is 0 Å². The lowest BCUT2D eigenvalue weighted by molar-refractivity contribution is 0.631. The van der Waals surface area contributed by atoms with E-state index in [1.165, 1.54) is 12.3 Å². The minimum absolute atomic E-state index is 0.139. The molecule has 0 atom stereocenters. The summed E-state index contributed by atoms with van der Waals surface area (Å²) in [4.78, 5) is 0. The number of anilines is 1. The number of hydrogen-bond acceptors (Lipinski definition) is 5. The number of hydrogen-bond donors (Lipinski definition) is 2. The number of allylic oxidation sites excluding steroid dienone is 1. The predicted octanol–water partition coefficient (Wildman–Crippen LogP) is 2.08. The molecule has 2 rings (SSSR count). The van der Waals surface area contributed by atoms with Crippen LogP contribution in [0.15, 0.2) is 28.9 Å². The highest BCUT2D eigenvalue weighted by Crippen LogP contribution is 2.20. The van der Waals surface area contributed by atoms with Crippen molar-refractivity contribution in [2.75, 3.05) is 5.32 Å². The Morgan fingerprint density at radius 3 is 3.06 bits per heavy atom. The zero-order valence-corrected chi connectivity index (χ0v) is 10.4. The average molecular weight is 309 g/mol. The minimum Gasteiger partial charge on any atom is -0.358 e. The number of nitrogens with zero attached hydrogens (tertiary/aromatic N) is 4. The first-order valence-electron chi connectivity index (χ1n) is 4.76. The van der Waals surface area contributed by atoms with Crippen LogP contribution in [0.4, 0.5) is 10.1 Å². The van der Waals surface area contributed by atoms with E-state index in [-0.39, 0.29) is 17.1 Å². The first-order chi connectivity index (χ1) is 8.70. The van der Waals surface area contributed by atoms with Gasteiger partial charge in [0.1, 0.15) is 17.5 Å². The number of aromatic nitrogens is 4. The SMILES string of the molecule is N#CC(=CNc1cc(Br)ccc1F)c1nn[nH]n1. The molecule has 0 bridgehead atoms. The predicted molar refractivity (Wildman–Crippen MR) is 65.5 cm³/mol. The fraction of sp³-hybridized carbons (Fsp3) is 0. The van der Waals surface area contributed by atoms with E-state index in [1.807, 2.05) is 6.07 Å². The molecule has 1 aromatic heterocycles. The molecule has 2 aromatic rings. The molecule has 8 heteroatoms. The molecule has 0 aliphatic heterocycles. The van der Waals surface area contributed by atoms with Crippen LogP contribution in [0.5, 0.6) is 0 Å². The number of nitrogens with one attached hydrogen (secondary N) is 2. The van der Waals surface area contributed by atoms with Crippen molar-refractivity contribution in [2.45, 2.75) is 0 Å². The van der Waals surface area contributed by atoms with Crippen molar-refractivity contribution in [2.24, 2.45) is 0 Å². The summed E-state index contributed by atoms with van der Waals surface area (Å²) < 4.78 is 14.1. The number of benzene rings is 1.